The van der Waals surface area contributed by atoms with Crippen LogP contribution < -0.4 is 4.74 Å². The number of nitrogens with zero attached hydrogens (tertiary/aromatic N) is 1. The maximum Gasteiger partial charge on any atom is 0.230 e. The molecule has 1 N–H and O–H groups in total. The Labute approximate surface area is 147 Å². The fourth-order valence-electron chi connectivity index (χ4n) is 5.14. The average Bonchev–Trinajstić information content (AvgIpc) is 3.10. The second-order valence-electron chi connectivity index (χ2n) is 7.45. The van der Waals surface area contributed by atoms with Crippen LogP contribution in [0.15, 0.2) is 35.8 Å². The first-order valence-corrected chi connectivity index (χ1v) is 8.99. The van der Waals surface area contributed by atoms with Crippen molar-refractivity contribution in [2.45, 2.75) is 19.4 Å². The standard InChI is InChI=1S/C20H23NO4/c1-11-13-3-4-17-20(25-10-24-17)15(13)9-21-6-5-12-7-16(22)18(23-2)8-14(12)19(11)21/h3-4,7-8,11,13,15,19,22H,5-6,9-10H2,1-2H3/t11-,13?,15?,19+/m0/s1. The number of hydrogen-bond donors (Lipinski definition) is 1. The molecule has 4 atom stereocenters. The minimum absolute atomic E-state index is 0.236. The fraction of sp³-hybridized carbons (Fsp3) is 0.500. The van der Waals surface area contributed by atoms with Gasteiger partial charge in [-0.05, 0) is 47.6 Å². The van der Waals surface area contributed by atoms with Gasteiger partial charge in [0.25, 0.3) is 0 Å². The highest BCUT2D eigenvalue weighted by molar-refractivity contribution is 5.49. The monoisotopic (exact) mass is 341 g/mol. The van der Waals surface area contributed by atoms with Crippen LogP contribution in [0.2, 0.25) is 0 Å². The SMILES string of the molecule is COc1cc2c(cc1O)CCN1CC3C4=C(C=CC3[C@H](C)[C@H]21)OCO4. The lowest BCUT2D eigenvalue weighted by Crippen LogP contribution is -2.50. The number of rotatable bonds is 1. The van der Waals surface area contributed by atoms with Crippen LogP contribution in [0.3, 0.4) is 0 Å². The van der Waals surface area contributed by atoms with Crippen molar-refractivity contribution in [1.82, 2.24) is 4.90 Å². The van der Waals surface area contributed by atoms with Gasteiger partial charge in [-0.3, -0.25) is 4.90 Å². The Kier molecular flexibility index (Phi) is 3.29. The smallest absolute Gasteiger partial charge is 0.230 e. The topological polar surface area (TPSA) is 51.2 Å². The third-order valence-electron chi connectivity index (χ3n) is 6.30. The Morgan fingerprint density at radius 3 is 3.00 bits per heavy atom. The molecule has 5 rings (SSSR count). The van der Waals surface area contributed by atoms with Gasteiger partial charge >= 0.3 is 0 Å². The van der Waals surface area contributed by atoms with E-state index in [0.717, 1.165) is 31.0 Å². The predicted molar refractivity (Wildman–Crippen MR) is 92.0 cm³/mol. The van der Waals surface area contributed by atoms with Gasteiger partial charge in [-0.15, -0.1) is 0 Å². The Balaban J connectivity index is 1.55. The summed E-state index contributed by atoms with van der Waals surface area (Å²) in [4.78, 5) is 2.57. The quantitative estimate of drug-likeness (QED) is 0.851. The van der Waals surface area contributed by atoms with Gasteiger partial charge in [-0.1, -0.05) is 13.0 Å². The number of aromatic hydroxyl groups is 1. The van der Waals surface area contributed by atoms with E-state index < -0.39 is 0 Å². The highest BCUT2D eigenvalue weighted by Gasteiger charge is 2.47. The lowest BCUT2D eigenvalue weighted by Gasteiger charge is -2.51. The van der Waals surface area contributed by atoms with Crippen molar-refractivity contribution in [3.8, 4) is 11.5 Å². The van der Waals surface area contributed by atoms with Crippen LogP contribution in [-0.4, -0.2) is 37.0 Å². The average molecular weight is 341 g/mol. The summed E-state index contributed by atoms with van der Waals surface area (Å²) in [7, 11) is 1.61. The lowest BCUT2D eigenvalue weighted by atomic mass is 9.68. The third-order valence-corrected chi connectivity index (χ3v) is 6.30. The molecule has 0 saturated carbocycles. The molecule has 132 valence electrons. The maximum absolute atomic E-state index is 10.1. The van der Waals surface area contributed by atoms with E-state index in [1.165, 1.54) is 11.1 Å². The summed E-state index contributed by atoms with van der Waals surface area (Å²) in [6.45, 7) is 4.66. The van der Waals surface area contributed by atoms with E-state index >= 15 is 0 Å². The first-order chi connectivity index (χ1) is 12.2. The molecule has 5 nitrogen and oxygen atoms in total. The van der Waals surface area contributed by atoms with Crippen molar-refractivity contribution < 1.29 is 19.3 Å². The molecule has 5 heteroatoms. The Morgan fingerprint density at radius 2 is 2.16 bits per heavy atom. The molecule has 1 saturated heterocycles. The maximum atomic E-state index is 10.1. The highest BCUT2D eigenvalue weighted by Crippen LogP contribution is 2.51. The van der Waals surface area contributed by atoms with E-state index in [0.29, 0.717) is 36.3 Å². The van der Waals surface area contributed by atoms with Gasteiger partial charge in [0, 0.05) is 25.0 Å². The number of allylic oxidation sites excluding steroid dienone is 2. The molecule has 3 heterocycles. The van der Waals surface area contributed by atoms with Crippen molar-refractivity contribution in [3.63, 3.8) is 0 Å². The van der Waals surface area contributed by atoms with Gasteiger partial charge < -0.3 is 19.3 Å². The number of phenolic OH excluding ortho intramolecular Hbond substituents is 1. The molecule has 0 radical (unpaired) electrons. The van der Waals surface area contributed by atoms with Crippen LogP contribution in [0.1, 0.15) is 24.1 Å². The number of hydrogen-bond acceptors (Lipinski definition) is 5. The van der Waals surface area contributed by atoms with Gasteiger partial charge in [0.15, 0.2) is 17.3 Å². The van der Waals surface area contributed by atoms with Crippen molar-refractivity contribution in [3.05, 3.63) is 46.9 Å². The number of fused-ring (bicyclic) bond motifs is 5. The number of methoxy groups -OCH3 is 1. The van der Waals surface area contributed by atoms with Gasteiger partial charge in [0.1, 0.15) is 5.76 Å². The second kappa shape index (κ2) is 5.43. The van der Waals surface area contributed by atoms with Gasteiger partial charge in [0.05, 0.1) is 7.11 Å². The van der Waals surface area contributed by atoms with Crippen molar-refractivity contribution in [2.75, 3.05) is 27.0 Å². The summed E-state index contributed by atoms with van der Waals surface area (Å²) >= 11 is 0. The molecular weight excluding hydrogens is 318 g/mol. The van der Waals surface area contributed by atoms with Gasteiger partial charge in [-0.25, -0.2) is 0 Å². The van der Waals surface area contributed by atoms with Crippen LogP contribution in [0.4, 0.5) is 0 Å². The number of phenols is 1. The van der Waals surface area contributed by atoms with E-state index in [1.54, 1.807) is 7.11 Å². The molecule has 1 fully saturated rings. The van der Waals surface area contributed by atoms with Crippen LogP contribution in [0, 0.1) is 17.8 Å². The molecule has 4 aliphatic rings. The molecule has 25 heavy (non-hydrogen) atoms. The Bertz CT molecular complexity index is 784. The molecule has 3 aliphatic heterocycles. The molecule has 1 aliphatic carbocycles. The molecule has 0 spiro atoms. The first-order valence-electron chi connectivity index (χ1n) is 8.99. The van der Waals surface area contributed by atoms with E-state index in [2.05, 4.69) is 24.0 Å². The van der Waals surface area contributed by atoms with Gasteiger partial charge in [-0.2, -0.15) is 0 Å². The summed E-state index contributed by atoms with van der Waals surface area (Å²) in [5.41, 5.74) is 2.54. The lowest BCUT2D eigenvalue weighted by molar-refractivity contribution is 0.00488. The molecule has 1 aromatic carbocycles. The van der Waals surface area contributed by atoms with E-state index in [4.69, 9.17) is 14.2 Å². The zero-order valence-electron chi connectivity index (χ0n) is 14.6. The summed E-state index contributed by atoms with van der Waals surface area (Å²) in [6, 6.07) is 4.26. The fourth-order valence-corrected chi connectivity index (χ4v) is 5.14. The third kappa shape index (κ3) is 2.11. The van der Waals surface area contributed by atoms with Crippen molar-refractivity contribution in [1.29, 1.82) is 0 Å². The summed E-state index contributed by atoms with van der Waals surface area (Å²) < 4.78 is 16.8. The van der Waals surface area contributed by atoms with Crippen LogP contribution in [0.25, 0.3) is 0 Å². The summed E-state index contributed by atoms with van der Waals surface area (Å²) in [5, 5.41) is 10.1. The summed E-state index contributed by atoms with van der Waals surface area (Å²) in [5.74, 6) is 4.00. The molecule has 2 unspecified atom stereocenters. The van der Waals surface area contributed by atoms with Crippen molar-refractivity contribution in [2.24, 2.45) is 17.8 Å². The minimum atomic E-state index is 0.236. The van der Waals surface area contributed by atoms with E-state index in [1.807, 2.05) is 12.1 Å². The first kappa shape index (κ1) is 15.1. The Morgan fingerprint density at radius 1 is 1.28 bits per heavy atom. The minimum Gasteiger partial charge on any atom is -0.504 e. The number of piperidine rings is 1. The van der Waals surface area contributed by atoms with Crippen LogP contribution in [-0.2, 0) is 15.9 Å². The summed E-state index contributed by atoms with van der Waals surface area (Å²) in [6.07, 6.45) is 5.33. The van der Waals surface area contributed by atoms with Crippen molar-refractivity contribution >= 4 is 0 Å². The molecule has 0 amide bonds. The van der Waals surface area contributed by atoms with E-state index in [9.17, 15) is 5.11 Å². The number of benzene rings is 1. The normalized spacial score (nSPS) is 32.9. The Hall–Kier alpha value is -2.14. The largest absolute Gasteiger partial charge is 0.504 e. The van der Waals surface area contributed by atoms with Crippen LogP contribution in [0.5, 0.6) is 11.5 Å². The molecular formula is C20H23NO4. The molecule has 0 aromatic heterocycles. The van der Waals surface area contributed by atoms with E-state index in [-0.39, 0.29) is 5.75 Å². The predicted octanol–water partition coefficient (Wildman–Crippen LogP) is 2.97. The number of ether oxygens (including phenoxy) is 3. The zero-order valence-corrected chi connectivity index (χ0v) is 14.6. The highest BCUT2D eigenvalue weighted by atomic mass is 16.7. The molecule has 1 aromatic rings. The second-order valence-corrected chi connectivity index (χ2v) is 7.45. The van der Waals surface area contributed by atoms with Crippen LogP contribution >= 0.6 is 0 Å². The zero-order chi connectivity index (χ0) is 17.1. The molecule has 0 bridgehead atoms. The van der Waals surface area contributed by atoms with Gasteiger partial charge in [0.2, 0.25) is 6.79 Å².